The summed E-state index contributed by atoms with van der Waals surface area (Å²) >= 11 is 0. The largest absolute Gasteiger partial charge is 0.444 e. The highest BCUT2D eigenvalue weighted by molar-refractivity contribution is 5.86. The lowest BCUT2D eigenvalue weighted by molar-refractivity contribution is -0.127. The van der Waals surface area contributed by atoms with Gasteiger partial charge in [-0.05, 0) is 75.5 Å². The number of benzene rings is 1. The van der Waals surface area contributed by atoms with Gasteiger partial charge in [-0.3, -0.25) is 14.6 Å². The second-order valence-electron chi connectivity index (χ2n) is 11.2. The van der Waals surface area contributed by atoms with Gasteiger partial charge in [-0.25, -0.2) is 9.18 Å². The highest BCUT2D eigenvalue weighted by atomic mass is 19.1. The number of halogens is 1. The van der Waals surface area contributed by atoms with E-state index < -0.39 is 17.7 Å². The van der Waals surface area contributed by atoms with Crippen LogP contribution < -0.4 is 5.32 Å². The second kappa shape index (κ2) is 10.4. The molecule has 1 saturated heterocycles. The van der Waals surface area contributed by atoms with Gasteiger partial charge in [0, 0.05) is 32.7 Å². The van der Waals surface area contributed by atoms with Crippen LogP contribution in [0.5, 0.6) is 0 Å². The molecule has 1 N–H and O–H groups in total. The summed E-state index contributed by atoms with van der Waals surface area (Å²) in [5, 5.41) is 3.28. The zero-order valence-electron chi connectivity index (χ0n) is 20.9. The minimum atomic E-state index is -0.610. The highest BCUT2D eigenvalue weighted by Crippen LogP contribution is 2.39. The van der Waals surface area contributed by atoms with Gasteiger partial charge in [-0.2, -0.15) is 0 Å². The number of likely N-dealkylation sites (N-methyl/N-ethyl adjacent to an activating group) is 1. The van der Waals surface area contributed by atoms with E-state index in [9.17, 15) is 14.0 Å². The van der Waals surface area contributed by atoms with E-state index in [1.165, 1.54) is 17.0 Å². The zero-order chi connectivity index (χ0) is 24.3. The Morgan fingerprint density at radius 1 is 1.18 bits per heavy atom. The summed E-state index contributed by atoms with van der Waals surface area (Å²) in [6, 6.07) is 6.24. The molecule has 7 heteroatoms. The fourth-order valence-corrected chi connectivity index (χ4v) is 5.14. The normalized spacial score (nSPS) is 23.9. The molecule has 4 atom stereocenters. The molecule has 0 spiro atoms. The molecule has 33 heavy (non-hydrogen) atoms. The molecule has 3 rings (SSSR count). The number of rotatable bonds is 7. The smallest absolute Gasteiger partial charge is 0.410 e. The van der Waals surface area contributed by atoms with Gasteiger partial charge >= 0.3 is 6.09 Å². The first-order valence-corrected chi connectivity index (χ1v) is 12.2. The minimum absolute atomic E-state index is 0.0975. The molecule has 1 aromatic carbocycles. The molecule has 2 aliphatic rings. The monoisotopic (exact) mass is 461 g/mol. The van der Waals surface area contributed by atoms with Crippen molar-refractivity contribution in [1.29, 1.82) is 0 Å². The van der Waals surface area contributed by atoms with Crippen molar-refractivity contribution >= 4 is 12.0 Å². The molecule has 6 nitrogen and oxygen atoms in total. The van der Waals surface area contributed by atoms with Crippen molar-refractivity contribution in [1.82, 2.24) is 15.1 Å². The van der Waals surface area contributed by atoms with Crippen LogP contribution in [0, 0.1) is 23.6 Å². The van der Waals surface area contributed by atoms with Gasteiger partial charge in [0.2, 0.25) is 5.91 Å². The van der Waals surface area contributed by atoms with Crippen molar-refractivity contribution in [3.8, 4) is 0 Å². The van der Waals surface area contributed by atoms with Crippen molar-refractivity contribution in [3.63, 3.8) is 0 Å². The minimum Gasteiger partial charge on any atom is -0.444 e. The van der Waals surface area contributed by atoms with Crippen molar-refractivity contribution in [2.75, 3.05) is 20.1 Å². The standard InChI is InChI=1S/C26H40FN3O3/c1-17(2)13-23(29(6)25(32)33-26(3,4)5)24(31)28-22-12-9-19-15-30(16-21(19)22)14-18-7-10-20(27)11-8-18/h7-8,10-11,17,19,21-23H,9,12-16H2,1-6H3,(H,28,31)/t19-,21+,22+,23+/m1/s1. The Labute approximate surface area is 197 Å². The number of nitrogens with zero attached hydrogens (tertiary/aromatic N) is 2. The maximum absolute atomic E-state index is 13.3. The first kappa shape index (κ1) is 25.5. The predicted molar refractivity (Wildman–Crippen MR) is 127 cm³/mol. The molecule has 0 radical (unpaired) electrons. The summed E-state index contributed by atoms with van der Waals surface area (Å²) in [5.74, 6) is 0.912. The number of hydrogen-bond donors (Lipinski definition) is 1. The van der Waals surface area contributed by atoms with Gasteiger partial charge in [-0.1, -0.05) is 26.0 Å². The van der Waals surface area contributed by atoms with Crippen LogP contribution in [0.4, 0.5) is 9.18 Å². The Morgan fingerprint density at radius 3 is 2.45 bits per heavy atom. The lowest BCUT2D eigenvalue weighted by Gasteiger charge is -2.32. The summed E-state index contributed by atoms with van der Waals surface area (Å²) in [4.78, 5) is 29.8. The van der Waals surface area contributed by atoms with Gasteiger partial charge in [0.05, 0.1) is 0 Å². The van der Waals surface area contributed by atoms with Crippen LogP contribution in [0.2, 0.25) is 0 Å². The van der Waals surface area contributed by atoms with Crippen molar-refractivity contribution in [3.05, 3.63) is 35.6 Å². The summed E-state index contributed by atoms with van der Waals surface area (Å²) < 4.78 is 18.7. The van der Waals surface area contributed by atoms with Crippen LogP contribution in [-0.2, 0) is 16.1 Å². The van der Waals surface area contributed by atoms with Crippen molar-refractivity contribution < 1.29 is 18.7 Å². The Balaban J connectivity index is 1.61. The number of carbonyl (C=O) groups excluding carboxylic acids is 2. The molecule has 1 aliphatic carbocycles. The van der Waals surface area contributed by atoms with E-state index in [1.54, 1.807) is 7.05 Å². The highest BCUT2D eigenvalue weighted by Gasteiger charge is 2.44. The van der Waals surface area contributed by atoms with Crippen LogP contribution in [-0.4, -0.2) is 59.6 Å². The lowest BCUT2D eigenvalue weighted by Crippen LogP contribution is -2.52. The van der Waals surface area contributed by atoms with Crippen LogP contribution in [0.3, 0.4) is 0 Å². The van der Waals surface area contributed by atoms with E-state index in [0.717, 1.165) is 38.0 Å². The summed E-state index contributed by atoms with van der Waals surface area (Å²) in [5.41, 5.74) is 0.494. The fourth-order valence-electron chi connectivity index (χ4n) is 5.14. The molecule has 0 bridgehead atoms. The van der Waals surface area contributed by atoms with Crippen LogP contribution in [0.1, 0.15) is 59.4 Å². The van der Waals surface area contributed by atoms with Gasteiger partial charge in [-0.15, -0.1) is 0 Å². The topological polar surface area (TPSA) is 61.9 Å². The van der Waals surface area contributed by atoms with Gasteiger partial charge in [0.1, 0.15) is 17.5 Å². The third-order valence-electron chi connectivity index (χ3n) is 6.73. The fraction of sp³-hybridized carbons (Fsp3) is 0.692. The van der Waals surface area contributed by atoms with E-state index in [-0.39, 0.29) is 23.7 Å². The first-order valence-electron chi connectivity index (χ1n) is 12.2. The van der Waals surface area contributed by atoms with E-state index in [4.69, 9.17) is 4.74 Å². The van der Waals surface area contributed by atoms with Gasteiger partial charge in [0.15, 0.2) is 0 Å². The SMILES string of the molecule is CC(C)C[C@@H](C(=O)N[C@H]1CC[C@@H]2CN(Cc3ccc(F)cc3)C[C@@H]21)N(C)C(=O)OC(C)(C)C. The number of hydrogen-bond acceptors (Lipinski definition) is 4. The number of amides is 2. The zero-order valence-corrected chi connectivity index (χ0v) is 20.9. The Bertz CT molecular complexity index is 821. The van der Waals surface area contributed by atoms with Crippen LogP contribution >= 0.6 is 0 Å². The molecule has 2 amide bonds. The molecule has 0 aromatic heterocycles. The molecular formula is C26H40FN3O3. The molecule has 1 heterocycles. The van der Waals surface area contributed by atoms with Gasteiger partial charge < -0.3 is 10.1 Å². The maximum atomic E-state index is 13.3. The third kappa shape index (κ3) is 6.92. The lowest BCUT2D eigenvalue weighted by atomic mass is 9.96. The number of nitrogens with one attached hydrogen (secondary N) is 1. The molecule has 1 saturated carbocycles. The quantitative estimate of drug-likeness (QED) is 0.652. The average molecular weight is 462 g/mol. The number of carbonyl (C=O) groups is 2. The maximum Gasteiger partial charge on any atom is 0.410 e. The van der Waals surface area contributed by atoms with Crippen LogP contribution in [0.25, 0.3) is 0 Å². The van der Waals surface area contributed by atoms with Gasteiger partial charge in [0.25, 0.3) is 0 Å². The first-order chi connectivity index (χ1) is 15.4. The Hall–Kier alpha value is -2.15. The van der Waals surface area contributed by atoms with E-state index in [1.807, 2.05) is 32.9 Å². The summed E-state index contributed by atoms with van der Waals surface area (Å²) in [7, 11) is 1.65. The molecule has 184 valence electrons. The number of ether oxygens (including phenoxy) is 1. The summed E-state index contributed by atoms with van der Waals surface area (Å²) in [6.45, 7) is 12.3. The average Bonchev–Trinajstić information content (AvgIpc) is 3.27. The Kier molecular flexibility index (Phi) is 8.04. The van der Waals surface area contributed by atoms with Crippen molar-refractivity contribution in [2.24, 2.45) is 17.8 Å². The van der Waals surface area contributed by atoms with E-state index in [2.05, 4.69) is 24.1 Å². The second-order valence-corrected chi connectivity index (χ2v) is 11.2. The third-order valence-corrected chi connectivity index (χ3v) is 6.73. The molecule has 1 aliphatic heterocycles. The molecule has 2 fully saturated rings. The van der Waals surface area contributed by atoms with Crippen LogP contribution in [0.15, 0.2) is 24.3 Å². The number of likely N-dealkylation sites (tertiary alicyclic amines) is 1. The molecule has 1 aromatic rings. The van der Waals surface area contributed by atoms with Crippen molar-refractivity contribution in [2.45, 2.75) is 78.1 Å². The van der Waals surface area contributed by atoms with E-state index >= 15 is 0 Å². The van der Waals surface area contributed by atoms with E-state index in [0.29, 0.717) is 18.3 Å². The Morgan fingerprint density at radius 2 is 1.85 bits per heavy atom. The number of fused-ring (bicyclic) bond motifs is 1. The molecule has 0 unspecified atom stereocenters. The summed E-state index contributed by atoms with van der Waals surface area (Å²) in [6.07, 6.45) is 2.17. The predicted octanol–water partition coefficient (Wildman–Crippen LogP) is 4.43. The molecular weight excluding hydrogens is 421 g/mol.